The number of ether oxygens (including phenoxy) is 1. The first-order valence-electron chi connectivity index (χ1n) is 5.37. The van der Waals surface area contributed by atoms with Crippen LogP contribution in [0.1, 0.15) is 26.0 Å². The second-order valence-corrected chi connectivity index (χ2v) is 5.15. The van der Waals surface area contributed by atoms with Gasteiger partial charge >= 0.3 is 5.69 Å². The zero-order chi connectivity index (χ0) is 12.6. The average Bonchev–Trinajstić information content (AvgIpc) is 2.65. The third kappa shape index (κ3) is 2.45. The van der Waals surface area contributed by atoms with Crippen LogP contribution in [0.3, 0.4) is 0 Å². The quantitative estimate of drug-likeness (QED) is 0.745. The SMILES string of the molecule is CC[C@H]1OC(n2cc(I)c(=O)[nH]c2=O)C[C@@H]1O. The van der Waals surface area contributed by atoms with Crippen LogP contribution < -0.4 is 11.2 Å². The first-order chi connectivity index (χ1) is 8.02. The van der Waals surface area contributed by atoms with Gasteiger partial charge < -0.3 is 9.84 Å². The Morgan fingerprint density at radius 1 is 1.65 bits per heavy atom. The average molecular weight is 352 g/mol. The highest BCUT2D eigenvalue weighted by Crippen LogP contribution is 2.29. The number of hydrogen-bond acceptors (Lipinski definition) is 4. The summed E-state index contributed by atoms with van der Waals surface area (Å²) in [6.07, 6.45) is 1.18. The molecule has 17 heavy (non-hydrogen) atoms. The summed E-state index contributed by atoms with van der Waals surface area (Å²) in [4.78, 5) is 25.1. The van der Waals surface area contributed by atoms with Gasteiger partial charge in [-0.1, -0.05) is 6.92 Å². The van der Waals surface area contributed by atoms with Gasteiger partial charge in [0.25, 0.3) is 5.56 Å². The van der Waals surface area contributed by atoms with Gasteiger partial charge in [0.05, 0.1) is 15.8 Å². The molecule has 2 N–H and O–H groups in total. The van der Waals surface area contributed by atoms with Crippen LogP contribution >= 0.6 is 22.6 Å². The van der Waals surface area contributed by atoms with Crippen molar-refractivity contribution in [2.24, 2.45) is 0 Å². The number of halogens is 1. The van der Waals surface area contributed by atoms with Gasteiger partial charge in [0.2, 0.25) is 0 Å². The van der Waals surface area contributed by atoms with Crippen LogP contribution in [0.25, 0.3) is 0 Å². The van der Waals surface area contributed by atoms with E-state index in [1.54, 1.807) is 0 Å². The lowest BCUT2D eigenvalue weighted by molar-refractivity contribution is -0.0218. The number of nitrogens with one attached hydrogen (secondary N) is 1. The summed E-state index contributed by atoms with van der Waals surface area (Å²) in [6, 6.07) is 0. The Kier molecular flexibility index (Phi) is 3.69. The van der Waals surface area contributed by atoms with Gasteiger partial charge in [-0.3, -0.25) is 14.3 Å². The summed E-state index contributed by atoms with van der Waals surface area (Å²) in [7, 11) is 0. The molecule has 6 nitrogen and oxygen atoms in total. The summed E-state index contributed by atoms with van der Waals surface area (Å²) < 4.78 is 7.31. The van der Waals surface area contributed by atoms with Gasteiger partial charge in [-0.2, -0.15) is 0 Å². The van der Waals surface area contributed by atoms with Crippen LogP contribution in [0, 0.1) is 3.57 Å². The molecule has 1 aromatic heterocycles. The molecule has 0 aliphatic carbocycles. The van der Waals surface area contributed by atoms with E-state index in [9.17, 15) is 14.7 Å². The molecule has 1 saturated heterocycles. The Bertz CT molecular complexity index is 524. The first kappa shape index (κ1) is 12.8. The Morgan fingerprint density at radius 3 is 2.94 bits per heavy atom. The van der Waals surface area contributed by atoms with E-state index >= 15 is 0 Å². The fourth-order valence-corrected chi connectivity index (χ4v) is 2.36. The van der Waals surface area contributed by atoms with E-state index in [0.29, 0.717) is 16.4 Å². The maximum absolute atomic E-state index is 11.6. The standard InChI is InChI=1S/C10H13IN2O4/c1-2-7-6(14)3-8(17-7)13-4-5(11)9(15)12-10(13)16/h4,6-8,14H,2-3H2,1H3,(H,12,15,16)/t6-,7+,8?/m0/s1. The number of hydrogen-bond donors (Lipinski definition) is 2. The lowest BCUT2D eigenvalue weighted by Crippen LogP contribution is -2.33. The van der Waals surface area contributed by atoms with E-state index in [2.05, 4.69) is 4.98 Å². The molecule has 0 saturated carbocycles. The highest BCUT2D eigenvalue weighted by Gasteiger charge is 2.34. The summed E-state index contributed by atoms with van der Waals surface area (Å²) in [5.41, 5.74) is -0.915. The molecule has 1 fully saturated rings. The Morgan fingerprint density at radius 2 is 2.35 bits per heavy atom. The zero-order valence-corrected chi connectivity index (χ0v) is 11.4. The predicted octanol–water partition coefficient (Wildman–Crippen LogP) is 0.200. The van der Waals surface area contributed by atoms with E-state index in [0.717, 1.165) is 0 Å². The van der Waals surface area contributed by atoms with Gasteiger partial charge in [-0.05, 0) is 29.0 Å². The van der Waals surface area contributed by atoms with Gasteiger partial charge in [-0.15, -0.1) is 0 Å². The molecule has 3 atom stereocenters. The molecule has 1 aromatic rings. The molecule has 0 spiro atoms. The molecule has 94 valence electrons. The molecule has 1 unspecified atom stereocenters. The van der Waals surface area contributed by atoms with Crippen molar-refractivity contribution >= 4 is 22.6 Å². The molecular formula is C10H13IN2O4. The minimum Gasteiger partial charge on any atom is -0.390 e. The second-order valence-electron chi connectivity index (χ2n) is 3.98. The third-order valence-corrected chi connectivity index (χ3v) is 3.61. The van der Waals surface area contributed by atoms with Gasteiger partial charge in [0.15, 0.2) is 0 Å². The van der Waals surface area contributed by atoms with E-state index in [-0.39, 0.29) is 6.10 Å². The normalized spacial score (nSPS) is 28.5. The topological polar surface area (TPSA) is 84.3 Å². The van der Waals surface area contributed by atoms with Gasteiger partial charge in [-0.25, -0.2) is 4.79 Å². The maximum Gasteiger partial charge on any atom is 0.330 e. The lowest BCUT2D eigenvalue weighted by Gasteiger charge is -2.14. The van der Waals surface area contributed by atoms with Crippen molar-refractivity contribution in [1.29, 1.82) is 0 Å². The van der Waals surface area contributed by atoms with Crippen LogP contribution in [-0.4, -0.2) is 26.9 Å². The van der Waals surface area contributed by atoms with Crippen molar-refractivity contribution < 1.29 is 9.84 Å². The van der Waals surface area contributed by atoms with Crippen LogP contribution in [0.15, 0.2) is 15.8 Å². The predicted molar refractivity (Wildman–Crippen MR) is 68.9 cm³/mol. The van der Waals surface area contributed by atoms with Crippen LogP contribution in [0.5, 0.6) is 0 Å². The van der Waals surface area contributed by atoms with Crippen LogP contribution in [0.2, 0.25) is 0 Å². The van der Waals surface area contributed by atoms with Crippen molar-refractivity contribution in [2.45, 2.75) is 38.2 Å². The summed E-state index contributed by atoms with van der Waals surface area (Å²) in [5, 5.41) is 9.72. The fraction of sp³-hybridized carbons (Fsp3) is 0.600. The van der Waals surface area contributed by atoms with E-state index in [4.69, 9.17) is 4.74 Å². The van der Waals surface area contributed by atoms with Gasteiger partial charge in [0.1, 0.15) is 6.23 Å². The summed E-state index contributed by atoms with van der Waals surface area (Å²) >= 11 is 1.85. The second kappa shape index (κ2) is 4.91. The number of nitrogens with zero attached hydrogens (tertiary/aromatic N) is 1. The summed E-state index contributed by atoms with van der Waals surface area (Å²) in [6.45, 7) is 1.91. The molecule has 0 aromatic carbocycles. The van der Waals surface area contributed by atoms with Crippen molar-refractivity contribution in [1.82, 2.24) is 9.55 Å². The monoisotopic (exact) mass is 352 g/mol. The molecule has 1 aliphatic rings. The molecule has 1 aliphatic heterocycles. The van der Waals surface area contributed by atoms with Crippen molar-refractivity contribution in [3.63, 3.8) is 0 Å². The number of H-pyrrole nitrogens is 1. The third-order valence-electron chi connectivity index (χ3n) is 2.84. The molecule has 2 heterocycles. The smallest absolute Gasteiger partial charge is 0.330 e. The molecule has 7 heteroatoms. The number of aliphatic hydroxyl groups is 1. The lowest BCUT2D eigenvalue weighted by atomic mass is 10.1. The van der Waals surface area contributed by atoms with Crippen molar-refractivity contribution in [2.75, 3.05) is 0 Å². The Hall–Kier alpha value is -0.670. The number of aromatic nitrogens is 2. The van der Waals surface area contributed by atoms with E-state index in [1.165, 1.54) is 10.8 Å². The van der Waals surface area contributed by atoms with Crippen molar-refractivity contribution in [3.8, 4) is 0 Å². The minimum atomic E-state index is -0.568. The number of aliphatic hydroxyl groups excluding tert-OH is 1. The molecule has 0 bridgehead atoms. The van der Waals surface area contributed by atoms with Gasteiger partial charge in [0, 0.05) is 12.6 Å². The largest absolute Gasteiger partial charge is 0.390 e. The van der Waals surface area contributed by atoms with Crippen LogP contribution in [-0.2, 0) is 4.74 Å². The fourth-order valence-electron chi connectivity index (χ4n) is 1.93. The molecule has 0 amide bonds. The highest BCUT2D eigenvalue weighted by molar-refractivity contribution is 14.1. The minimum absolute atomic E-state index is 0.253. The van der Waals surface area contributed by atoms with E-state index < -0.39 is 23.6 Å². The maximum atomic E-state index is 11.6. The number of aromatic amines is 1. The molecule has 0 radical (unpaired) electrons. The van der Waals surface area contributed by atoms with Crippen molar-refractivity contribution in [3.05, 3.63) is 30.6 Å². The highest BCUT2D eigenvalue weighted by atomic mass is 127. The first-order valence-corrected chi connectivity index (χ1v) is 6.45. The Labute approximate surface area is 111 Å². The molecular weight excluding hydrogens is 339 g/mol. The molecule has 2 rings (SSSR count). The van der Waals surface area contributed by atoms with E-state index in [1.807, 2.05) is 29.5 Å². The Balaban J connectivity index is 2.34. The van der Waals surface area contributed by atoms with Crippen LogP contribution in [0.4, 0.5) is 0 Å². The zero-order valence-electron chi connectivity index (χ0n) is 9.22. The number of rotatable bonds is 2. The summed E-state index contributed by atoms with van der Waals surface area (Å²) in [5.74, 6) is 0.